The number of carbonyl (C=O) groups excluding carboxylic acids is 1. The third-order valence-corrected chi connectivity index (χ3v) is 4.99. The summed E-state index contributed by atoms with van der Waals surface area (Å²) in [6.07, 6.45) is 4.04. The number of piperidine rings is 1. The van der Waals surface area contributed by atoms with Crippen LogP contribution in [0.25, 0.3) is 0 Å². The maximum atomic E-state index is 12.2. The van der Waals surface area contributed by atoms with E-state index in [1.54, 1.807) is 0 Å². The largest absolute Gasteiger partial charge is 0.343 e. The van der Waals surface area contributed by atoms with Gasteiger partial charge in [0.2, 0.25) is 5.91 Å². The fraction of sp³-hybridized carbons (Fsp3) is 0.588. The fourth-order valence-electron chi connectivity index (χ4n) is 2.77. The van der Waals surface area contributed by atoms with Crippen molar-refractivity contribution in [2.75, 3.05) is 19.6 Å². The van der Waals surface area contributed by atoms with Crippen LogP contribution in [0.15, 0.2) is 18.2 Å². The van der Waals surface area contributed by atoms with Gasteiger partial charge in [-0.05, 0) is 50.8 Å². The molecular weight excluding hydrogens is 319 g/mol. The van der Waals surface area contributed by atoms with E-state index < -0.39 is 0 Å². The minimum atomic E-state index is -0.254. The van der Waals surface area contributed by atoms with Gasteiger partial charge in [0.1, 0.15) is 0 Å². The number of benzene rings is 1. The molecule has 1 saturated heterocycles. The van der Waals surface area contributed by atoms with Crippen molar-refractivity contribution >= 4 is 29.1 Å². The molecule has 0 unspecified atom stereocenters. The monoisotopic (exact) mass is 342 g/mol. The van der Waals surface area contributed by atoms with Crippen molar-refractivity contribution in [2.24, 2.45) is 0 Å². The molecule has 22 heavy (non-hydrogen) atoms. The summed E-state index contributed by atoms with van der Waals surface area (Å²) in [5.74, 6) is 0.247. The number of hydrogen-bond acceptors (Lipinski definition) is 2. The van der Waals surface area contributed by atoms with Crippen LogP contribution in [0, 0.1) is 0 Å². The van der Waals surface area contributed by atoms with Crippen molar-refractivity contribution in [2.45, 2.75) is 45.1 Å². The summed E-state index contributed by atoms with van der Waals surface area (Å²) >= 11 is 12.0. The zero-order valence-corrected chi connectivity index (χ0v) is 14.8. The number of halogens is 2. The van der Waals surface area contributed by atoms with E-state index in [0.29, 0.717) is 23.0 Å². The SMILES string of the molecule is CC(C)(NCCC(=O)N1CCCCC1)c1ccc(Cl)c(Cl)c1. The first kappa shape index (κ1) is 17.6. The third kappa shape index (κ3) is 4.61. The molecule has 1 aliphatic heterocycles. The third-order valence-electron chi connectivity index (χ3n) is 4.26. The predicted octanol–water partition coefficient (Wildman–Crippen LogP) is 4.22. The maximum Gasteiger partial charge on any atom is 0.223 e. The maximum absolute atomic E-state index is 12.2. The number of hydrogen-bond donors (Lipinski definition) is 1. The van der Waals surface area contributed by atoms with Crippen molar-refractivity contribution < 1.29 is 4.79 Å². The Hall–Kier alpha value is -0.770. The van der Waals surface area contributed by atoms with Crippen LogP contribution in [0.5, 0.6) is 0 Å². The molecule has 2 rings (SSSR count). The van der Waals surface area contributed by atoms with Gasteiger partial charge in [-0.25, -0.2) is 0 Å². The predicted molar refractivity (Wildman–Crippen MR) is 92.5 cm³/mol. The van der Waals surface area contributed by atoms with Gasteiger partial charge >= 0.3 is 0 Å². The second kappa shape index (κ2) is 7.67. The molecule has 1 N–H and O–H groups in total. The summed E-state index contributed by atoms with van der Waals surface area (Å²) in [5, 5.41) is 4.55. The van der Waals surface area contributed by atoms with Gasteiger partial charge < -0.3 is 10.2 Å². The number of nitrogens with zero attached hydrogens (tertiary/aromatic N) is 1. The molecular formula is C17H24Cl2N2O. The van der Waals surface area contributed by atoms with Gasteiger partial charge in [-0.3, -0.25) is 4.79 Å². The van der Waals surface area contributed by atoms with E-state index in [4.69, 9.17) is 23.2 Å². The van der Waals surface area contributed by atoms with E-state index in [1.807, 2.05) is 23.1 Å². The Morgan fingerprint density at radius 2 is 1.86 bits per heavy atom. The minimum Gasteiger partial charge on any atom is -0.343 e. The van der Waals surface area contributed by atoms with Crippen LogP contribution >= 0.6 is 23.2 Å². The molecule has 1 aromatic carbocycles. The van der Waals surface area contributed by atoms with Crippen LogP contribution in [0.4, 0.5) is 0 Å². The topological polar surface area (TPSA) is 32.3 Å². The number of amides is 1. The van der Waals surface area contributed by atoms with E-state index in [-0.39, 0.29) is 11.4 Å². The Balaban J connectivity index is 1.86. The first-order valence-electron chi connectivity index (χ1n) is 7.88. The molecule has 1 fully saturated rings. The van der Waals surface area contributed by atoms with Crippen molar-refractivity contribution in [1.82, 2.24) is 10.2 Å². The molecule has 1 aromatic rings. The first-order chi connectivity index (χ1) is 10.4. The highest BCUT2D eigenvalue weighted by atomic mass is 35.5. The smallest absolute Gasteiger partial charge is 0.223 e. The van der Waals surface area contributed by atoms with E-state index in [2.05, 4.69) is 19.2 Å². The highest BCUT2D eigenvalue weighted by molar-refractivity contribution is 6.42. The molecule has 0 aromatic heterocycles. The normalized spacial score (nSPS) is 15.9. The molecule has 5 heteroatoms. The van der Waals surface area contributed by atoms with Gasteiger partial charge in [0.05, 0.1) is 10.0 Å². The molecule has 0 spiro atoms. The van der Waals surface area contributed by atoms with Crippen molar-refractivity contribution in [1.29, 1.82) is 0 Å². The van der Waals surface area contributed by atoms with Gasteiger partial charge in [0.25, 0.3) is 0 Å². The van der Waals surface area contributed by atoms with Crippen molar-refractivity contribution in [3.8, 4) is 0 Å². The summed E-state index contributed by atoms with van der Waals surface area (Å²) in [6.45, 7) is 6.64. The average Bonchev–Trinajstić information content (AvgIpc) is 2.50. The summed E-state index contributed by atoms with van der Waals surface area (Å²) < 4.78 is 0. The standard InChI is InChI=1S/C17H24Cl2N2O/c1-17(2,13-6-7-14(18)15(19)12-13)20-9-8-16(22)21-10-4-3-5-11-21/h6-7,12,20H,3-5,8-11H2,1-2H3. The lowest BCUT2D eigenvalue weighted by atomic mass is 9.94. The molecule has 0 aliphatic carbocycles. The Kier molecular flexibility index (Phi) is 6.13. The van der Waals surface area contributed by atoms with E-state index in [9.17, 15) is 4.79 Å². The van der Waals surface area contributed by atoms with Gasteiger partial charge in [-0.2, -0.15) is 0 Å². The second-order valence-electron chi connectivity index (χ2n) is 6.37. The lowest BCUT2D eigenvalue weighted by molar-refractivity contribution is -0.132. The summed E-state index contributed by atoms with van der Waals surface area (Å²) in [6, 6.07) is 5.65. The van der Waals surface area contributed by atoms with Gasteiger partial charge in [-0.1, -0.05) is 29.3 Å². The average molecular weight is 343 g/mol. The highest BCUT2D eigenvalue weighted by Crippen LogP contribution is 2.28. The van der Waals surface area contributed by atoms with Crippen LogP contribution in [-0.4, -0.2) is 30.4 Å². The molecule has 1 amide bonds. The summed E-state index contributed by atoms with van der Waals surface area (Å²) in [7, 11) is 0. The van der Waals surface area contributed by atoms with Gasteiger partial charge in [0, 0.05) is 31.6 Å². The summed E-state index contributed by atoms with van der Waals surface area (Å²) in [4.78, 5) is 14.2. The Morgan fingerprint density at radius 1 is 1.18 bits per heavy atom. The lowest BCUT2D eigenvalue weighted by Crippen LogP contribution is -2.41. The van der Waals surface area contributed by atoms with Gasteiger partial charge in [0.15, 0.2) is 0 Å². The Bertz CT molecular complexity index is 525. The number of rotatable bonds is 5. The summed E-state index contributed by atoms with van der Waals surface area (Å²) in [5.41, 5.74) is 0.809. The van der Waals surface area contributed by atoms with Crippen LogP contribution in [0.2, 0.25) is 10.0 Å². The molecule has 3 nitrogen and oxygen atoms in total. The quantitative estimate of drug-likeness (QED) is 0.868. The minimum absolute atomic E-state index is 0.247. The van der Waals surface area contributed by atoms with E-state index in [1.165, 1.54) is 6.42 Å². The fourth-order valence-corrected chi connectivity index (χ4v) is 3.07. The molecule has 1 aliphatic rings. The number of carbonyl (C=O) groups is 1. The van der Waals surface area contributed by atoms with Crippen LogP contribution in [0.3, 0.4) is 0 Å². The number of nitrogens with one attached hydrogen (secondary N) is 1. The Labute approximate surface area is 143 Å². The molecule has 122 valence electrons. The van der Waals surface area contributed by atoms with Crippen LogP contribution in [-0.2, 0) is 10.3 Å². The zero-order valence-electron chi connectivity index (χ0n) is 13.3. The number of likely N-dealkylation sites (tertiary alicyclic amines) is 1. The molecule has 0 atom stereocenters. The highest BCUT2D eigenvalue weighted by Gasteiger charge is 2.22. The van der Waals surface area contributed by atoms with Crippen molar-refractivity contribution in [3.63, 3.8) is 0 Å². The zero-order chi connectivity index (χ0) is 16.2. The van der Waals surface area contributed by atoms with E-state index >= 15 is 0 Å². The van der Waals surface area contributed by atoms with Crippen molar-refractivity contribution in [3.05, 3.63) is 33.8 Å². The lowest BCUT2D eigenvalue weighted by Gasteiger charge is -2.29. The molecule has 1 heterocycles. The first-order valence-corrected chi connectivity index (χ1v) is 8.64. The van der Waals surface area contributed by atoms with Crippen LogP contribution in [0.1, 0.15) is 45.1 Å². The van der Waals surface area contributed by atoms with Gasteiger partial charge in [-0.15, -0.1) is 0 Å². The van der Waals surface area contributed by atoms with E-state index in [0.717, 1.165) is 31.5 Å². The molecule has 0 radical (unpaired) electrons. The molecule has 0 saturated carbocycles. The second-order valence-corrected chi connectivity index (χ2v) is 7.19. The van der Waals surface area contributed by atoms with Crippen LogP contribution < -0.4 is 5.32 Å². The Morgan fingerprint density at radius 3 is 2.50 bits per heavy atom. The molecule has 0 bridgehead atoms.